The molecule has 4 heteroatoms. The van der Waals surface area contributed by atoms with Gasteiger partial charge in [-0.3, -0.25) is 0 Å². The molecular formula is C15H14N4. The van der Waals surface area contributed by atoms with Gasteiger partial charge in [0.1, 0.15) is 11.9 Å². The van der Waals surface area contributed by atoms with Gasteiger partial charge < -0.3 is 15.7 Å². The monoisotopic (exact) mass is 250 g/mol. The van der Waals surface area contributed by atoms with Crippen LogP contribution in [0.3, 0.4) is 0 Å². The van der Waals surface area contributed by atoms with Crippen molar-refractivity contribution in [2.45, 2.75) is 13.3 Å². The molecule has 0 amide bonds. The molecule has 0 aliphatic rings. The third-order valence-electron chi connectivity index (χ3n) is 3.54. The van der Waals surface area contributed by atoms with Crippen LogP contribution in [0.2, 0.25) is 0 Å². The van der Waals surface area contributed by atoms with E-state index in [0.29, 0.717) is 11.4 Å². The Balaban J connectivity index is 2.05. The van der Waals surface area contributed by atoms with Gasteiger partial charge in [0.25, 0.3) is 0 Å². The van der Waals surface area contributed by atoms with E-state index in [2.05, 4.69) is 28.2 Å². The van der Waals surface area contributed by atoms with Crippen LogP contribution in [0.15, 0.2) is 30.5 Å². The van der Waals surface area contributed by atoms with Crippen LogP contribution in [0, 0.1) is 18.3 Å². The molecule has 0 aliphatic carbocycles. The zero-order valence-electron chi connectivity index (χ0n) is 10.6. The minimum absolute atomic E-state index is 0.454. The van der Waals surface area contributed by atoms with E-state index >= 15 is 0 Å². The summed E-state index contributed by atoms with van der Waals surface area (Å²) in [5, 5.41) is 10.3. The number of benzene rings is 1. The minimum atomic E-state index is 0.454. The lowest BCUT2D eigenvalue weighted by Gasteiger charge is -1.99. The number of nitriles is 1. The molecule has 2 heterocycles. The molecule has 0 aliphatic heterocycles. The zero-order valence-corrected chi connectivity index (χ0v) is 10.6. The molecule has 0 saturated heterocycles. The largest absolute Gasteiger partial charge is 0.384 e. The number of anilines is 1. The Bertz CT molecular complexity index is 786. The Hall–Kier alpha value is -2.67. The maximum Gasteiger partial charge on any atom is 0.119 e. The van der Waals surface area contributed by atoms with Gasteiger partial charge in [-0.05, 0) is 24.1 Å². The highest BCUT2D eigenvalue weighted by Gasteiger charge is 2.13. The first-order chi connectivity index (χ1) is 9.20. The molecule has 0 atom stereocenters. The van der Waals surface area contributed by atoms with Crippen molar-refractivity contribution in [1.29, 1.82) is 5.26 Å². The van der Waals surface area contributed by atoms with E-state index in [1.54, 1.807) is 0 Å². The maximum atomic E-state index is 9.05. The highest BCUT2D eigenvalue weighted by atomic mass is 14.9. The number of hydrogen-bond acceptors (Lipinski definition) is 2. The standard InChI is InChI=1S/C15H14N4/c1-9-12(7-16)15(17)19-14(9)6-10-8-18-13-5-3-2-4-11(10)13/h2-5,8,18-19H,6,17H2,1H3. The normalized spacial score (nSPS) is 10.7. The first-order valence-electron chi connectivity index (χ1n) is 6.12. The number of nitrogens with zero attached hydrogens (tertiary/aromatic N) is 1. The number of fused-ring (bicyclic) bond motifs is 1. The molecule has 4 nitrogen and oxygen atoms in total. The molecule has 3 rings (SSSR count). The molecule has 4 N–H and O–H groups in total. The first-order valence-corrected chi connectivity index (χ1v) is 6.12. The van der Waals surface area contributed by atoms with Crippen molar-refractivity contribution >= 4 is 16.7 Å². The molecule has 0 saturated carbocycles. The smallest absolute Gasteiger partial charge is 0.119 e. The van der Waals surface area contributed by atoms with Crippen molar-refractivity contribution in [3.63, 3.8) is 0 Å². The molecule has 1 aromatic carbocycles. The SMILES string of the molecule is Cc1c(Cc2c[nH]c3ccccc23)[nH]c(N)c1C#N. The van der Waals surface area contributed by atoms with Crippen LogP contribution in [0.5, 0.6) is 0 Å². The van der Waals surface area contributed by atoms with Gasteiger partial charge in [-0.25, -0.2) is 0 Å². The second-order valence-electron chi connectivity index (χ2n) is 4.67. The Morgan fingerprint density at radius 2 is 2.11 bits per heavy atom. The zero-order chi connectivity index (χ0) is 13.4. The molecule has 0 fully saturated rings. The Morgan fingerprint density at radius 3 is 2.84 bits per heavy atom. The van der Waals surface area contributed by atoms with Gasteiger partial charge in [-0.1, -0.05) is 18.2 Å². The summed E-state index contributed by atoms with van der Waals surface area (Å²) >= 11 is 0. The van der Waals surface area contributed by atoms with Crippen molar-refractivity contribution in [2.75, 3.05) is 5.73 Å². The summed E-state index contributed by atoms with van der Waals surface area (Å²) in [7, 11) is 0. The van der Waals surface area contributed by atoms with Crippen molar-refractivity contribution < 1.29 is 0 Å². The molecule has 2 aromatic heterocycles. The lowest BCUT2D eigenvalue weighted by molar-refractivity contribution is 1.10. The second-order valence-corrected chi connectivity index (χ2v) is 4.67. The molecule has 3 aromatic rings. The third-order valence-corrected chi connectivity index (χ3v) is 3.54. The lowest BCUT2D eigenvalue weighted by Crippen LogP contribution is -1.90. The second kappa shape index (κ2) is 4.21. The number of H-pyrrole nitrogens is 2. The Labute approximate surface area is 110 Å². The van der Waals surface area contributed by atoms with E-state index in [1.165, 1.54) is 10.9 Å². The van der Waals surface area contributed by atoms with E-state index < -0.39 is 0 Å². The summed E-state index contributed by atoms with van der Waals surface area (Å²) in [5.74, 6) is 0.454. The Morgan fingerprint density at radius 1 is 1.32 bits per heavy atom. The number of nitrogens with two attached hydrogens (primary N) is 1. The van der Waals surface area contributed by atoms with E-state index in [9.17, 15) is 0 Å². The highest BCUT2D eigenvalue weighted by Crippen LogP contribution is 2.25. The molecule has 0 spiro atoms. The molecule has 0 radical (unpaired) electrons. The predicted octanol–water partition coefficient (Wildman–Crippen LogP) is 2.85. The number of hydrogen-bond donors (Lipinski definition) is 3. The van der Waals surface area contributed by atoms with Crippen molar-refractivity contribution in [2.24, 2.45) is 0 Å². The van der Waals surface area contributed by atoms with Crippen LogP contribution < -0.4 is 5.73 Å². The van der Waals surface area contributed by atoms with Crippen molar-refractivity contribution in [1.82, 2.24) is 9.97 Å². The summed E-state index contributed by atoms with van der Waals surface area (Å²) < 4.78 is 0. The number of aromatic amines is 2. The topological polar surface area (TPSA) is 81.4 Å². The van der Waals surface area contributed by atoms with Crippen LogP contribution in [0.1, 0.15) is 22.4 Å². The number of rotatable bonds is 2. The summed E-state index contributed by atoms with van der Waals surface area (Å²) in [4.78, 5) is 6.36. The van der Waals surface area contributed by atoms with Gasteiger partial charge in [-0.2, -0.15) is 5.26 Å². The van der Waals surface area contributed by atoms with Crippen LogP contribution in [0.25, 0.3) is 10.9 Å². The van der Waals surface area contributed by atoms with Gasteiger partial charge in [-0.15, -0.1) is 0 Å². The maximum absolute atomic E-state index is 9.05. The number of nitrogens with one attached hydrogen (secondary N) is 2. The molecule has 19 heavy (non-hydrogen) atoms. The van der Waals surface area contributed by atoms with Crippen LogP contribution >= 0.6 is 0 Å². The number of para-hydroxylation sites is 1. The van der Waals surface area contributed by atoms with Crippen LogP contribution in [-0.2, 0) is 6.42 Å². The molecule has 0 unspecified atom stereocenters. The van der Waals surface area contributed by atoms with E-state index in [1.807, 2.05) is 25.3 Å². The fourth-order valence-corrected chi connectivity index (χ4v) is 2.46. The van der Waals surface area contributed by atoms with E-state index in [0.717, 1.165) is 23.2 Å². The fourth-order valence-electron chi connectivity index (χ4n) is 2.46. The van der Waals surface area contributed by atoms with Gasteiger partial charge in [0, 0.05) is 29.2 Å². The van der Waals surface area contributed by atoms with Crippen LogP contribution in [-0.4, -0.2) is 9.97 Å². The highest BCUT2D eigenvalue weighted by molar-refractivity contribution is 5.83. The van der Waals surface area contributed by atoms with E-state index in [4.69, 9.17) is 11.0 Å². The van der Waals surface area contributed by atoms with E-state index in [-0.39, 0.29) is 0 Å². The average Bonchev–Trinajstić information content (AvgIpc) is 2.93. The number of aromatic nitrogens is 2. The molecule has 0 bridgehead atoms. The Kier molecular flexibility index (Phi) is 2.53. The van der Waals surface area contributed by atoms with Gasteiger partial charge in [0.15, 0.2) is 0 Å². The third kappa shape index (κ3) is 1.76. The predicted molar refractivity (Wildman–Crippen MR) is 75.8 cm³/mol. The summed E-state index contributed by atoms with van der Waals surface area (Å²) in [6.45, 7) is 1.93. The molecular weight excluding hydrogens is 236 g/mol. The van der Waals surface area contributed by atoms with Crippen molar-refractivity contribution in [3.8, 4) is 6.07 Å². The minimum Gasteiger partial charge on any atom is -0.384 e. The lowest BCUT2D eigenvalue weighted by atomic mass is 10.1. The molecule has 94 valence electrons. The van der Waals surface area contributed by atoms with Gasteiger partial charge in [0.05, 0.1) is 5.56 Å². The number of nitrogen functional groups attached to an aromatic ring is 1. The van der Waals surface area contributed by atoms with Gasteiger partial charge in [0.2, 0.25) is 0 Å². The summed E-state index contributed by atoms with van der Waals surface area (Å²) in [5.41, 5.74) is 10.6. The summed E-state index contributed by atoms with van der Waals surface area (Å²) in [6.07, 6.45) is 2.74. The van der Waals surface area contributed by atoms with Crippen molar-refractivity contribution in [3.05, 3.63) is 52.8 Å². The quantitative estimate of drug-likeness (QED) is 0.653. The fraction of sp³-hybridized carbons (Fsp3) is 0.133. The summed E-state index contributed by atoms with van der Waals surface area (Å²) in [6, 6.07) is 10.3. The average molecular weight is 250 g/mol. The van der Waals surface area contributed by atoms with Crippen LogP contribution in [0.4, 0.5) is 5.82 Å². The van der Waals surface area contributed by atoms with Gasteiger partial charge >= 0.3 is 0 Å². The first kappa shape index (κ1) is 11.4.